The molecule has 1 amide bonds. The second kappa shape index (κ2) is 15.9. The Morgan fingerprint density at radius 2 is 1.45 bits per heavy atom. The molecule has 1 heterocycles. The van der Waals surface area contributed by atoms with Gasteiger partial charge in [0.15, 0.2) is 5.96 Å². The molecule has 4 N–H and O–H groups in total. The minimum Gasteiger partial charge on any atom is -0.480 e. The third kappa shape index (κ3) is 8.56. The third-order valence-electron chi connectivity index (χ3n) is 6.34. The molecule has 3 aromatic rings. The van der Waals surface area contributed by atoms with Crippen molar-refractivity contribution in [2.75, 3.05) is 19.6 Å². The molecule has 0 aliphatic carbocycles. The second-order valence-electron chi connectivity index (χ2n) is 9.45. The minimum absolute atomic E-state index is 0.113. The van der Waals surface area contributed by atoms with Crippen molar-refractivity contribution in [1.82, 2.24) is 20.5 Å². The quantitative estimate of drug-likeness (QED) is 0.139. The molecule has 3 rings (SSSR count). The number of aliphatic imine (C=N–C) groups is 1. The van der Waals surface area contributed by atoms with E-state index in [1.165, 1.54) is 10.6 Å². The van der Waals surface area contributed by atoms with Crippen LogP contribution in [0.4, 0.5) is 0 Å². The van der Waals surface area contributed by atoms with Gasteiger partial charge in [0.25, 0.3) is 11.5 Å². The van der Waals surface area contributed by atoms with Crippen molar-refractivity contribution in [3.05, 3.63) is 106 Å². The summed E-state index contributed by atoms with van der Waals surface area (Å²) >= 11 is 0. The van der Waals surface area contributed by atoms with E-state index >= 15 is 0 Å². The summed E-state index contributed by atoms with van der Waals surface area (Å²) in [5.74, 6) is -1.19. The van der Waals surface area contributed by atoms with Gasteiger partial charge in [-0.25, -0.2) is 4.79 Å². The van der Waals surface area contributed by atoms with E-state index in [-0.39, 0.29) is 12.0 Å². The summed E-state index contributed by atoms with van der Waals surface area (Å²) in [7, 11) is 0. The van der Waals surface area contributed by atoms with E-state index in [1.54, 1.807) is 12.3 Å². The lowest BCUT2D eigenvalue weighted by Gasteiger charge is -2.22. The zero-order chi connectivity index (χ0) is 28.7. The molecule has 0 unspecified atom stereocenters. The number of guanidine groups is 1. The number of amides is 1. The summed E-state index contributed by atoms with van der Waals surface area (Å²) in [5.41, 5.74) is 1.16. The number of benzene rings is 2. The second-order valence-corrected chi connectivity index (χ2v) is 9.45. The zero-order valence-corrected chi connectivity index (χ0v) is 23.2. The average Bonchev–Trinajstić information content (AvgIpc) is 2.97. The molecule has 1 aromatic heterocycles. The van der Waals surface area contributed by atoms with Crippen molar-refractivity contribution in [3.8, 4) is 0 Å². The third-order valence-corrected chi connectivity index (χ3v) is 6.34. The summed E-state index contributed by atoms with van der Waals surface area (Å²) in [5, 5.41) is 18.8. The fraction of sp³-hybridized carbons (Fsp3) is 0.355. The van der Waals surface area contributed by atoms with Crippen molar-refractivity contribution in [2.45, 2.75) is 51.6 Å². The Labute approximate surface area is 235 Å². The number of carboxylic acids is 1. The van der Waals surface area contributed by atoms with Gasteiger partial charge in [-0.05, 0) is 48.9 Å². The number of hydrogen-bond donors (Lipinski definition) is 4. The number of hydrogen-bond acceptors (Lipinski definition) is 4. The van der Waals surface area contributed by atoms with Gasteiger partial charge in [0.2, 0.25) is 0 Å². The van der Waals surface area contributed by atoms with E-state index in [0.717, 1.165) is 37.1 Å². The molecule has 0 saturated carbocycles. The predicted molar refractivity (Wildman–Crippen MR) is 158 cm³/mol. The Hall–Kier alpha value is -4.40. The average molecular weight is 546 g/mol. The monoisotopic (exact) mass is 545 g/mol. The molecule has 0 aliphatic rings. The number of carbonyl (C=O) groups is 2. The smallest absolute Gasteiger partial charge is 0.326 e. The van der Waals surface area contributed by atoms with Crippen molar-refractivity contribution < 1.29 is 14.7 Å². The summed E-state index contributed by atoms with van der Waals surface area (Å²) in [6.45, 7) is 6.10. The standard InChI is InChI=1S/C31H39N5O4/c1-3-19-32-31(33-20-4-2)34-21-11-18-26(30(39)40)35-28(37)25-17-12-22-36(29(25)38)27(23-13-7-5-8-14-23)24-15-9-6-10-16-24/h5-10,12-17,22,26-27H,3-4,11,18-21H2,1-2H3,(H,35,37)(H,39,40)(H2,32,33,34)/t26-/m0/s1. The molecule has 0 bridgehead atoms. The van der Waals surface area contributed by atoms with Gasteiger partial charge in [0.1, 0.15) is 11.6 Å². The molecule has 0 saturated heterocycles. The summed E-state index contributed by atoms with van der Waals surface area (Å²) in [4.78, 5) is 43.2. The summed E-state index contributed by atoms with van der Waals surface area (Å²) in [6, 6.07) is 20.6. The number of pyridine rings is 1. The number of aliphatic carboxylic acids is 1. The van der Waals surface area contributed by atoms with Crippen molar-refractivity contribution in [3.63, 3.8) is 0 Å². The number of nitrogens with one attached hydrogen (secondary N) is 3. The number of carbonyl (C=O) groups excluding carboxylic acids is 1. The van der Waals surface area contributed by atoms with Crippen LogP contribution >= 0.6 is 0 Å². The Balaban J connectivity index is 1.76. The van der Waals surface area contributed by atoms with Gasteiger partial charge in [-0.2, -0.15) is 0 Å². The molecule has 0 aliphatic heterocycles. The highest BCUT2D eigenvalue weighted by Crippen LogP contribution is 2.25. The van der Waals surface area contributed by atoms with Crippen LogP contribution in [0, 0.1) is 0 Å². The maximum Gasteiger partial charge on any atom is 0.326 e. The first-order valence-corrected chi connectivity index (χ1v) is 13.8. The van der Waals surface area contributed by atoms with Gasteiger partial charge in [0, 0.05) is 25.8 Å². The van der Waals surface area contributed by atoms with Gasteiger partial charge < -0.3 is 25.6 Å². The van der Waals surface area contributed by atoms with E-state index in [4.69, 9.17) is 0 Å². The highest BCUT2D eigenvalue weighted by molar-refractivity contribution is 5.96. The van der Waals surface area contributed by atoms with E-state index < -0.39 is 29.5 Å². The maximum atomic E-state index is 13.6. The molecule has 9 nitrogen and oxygen atoms in total. The van der Waals surface area contributed by atoms with Gasteiger partial charge in [-0.3, -0.25) is 14.6 Å². The van der Waals surface area contributed by atoms with Crippen LogP contribution in [0.1, 0.15) is 67.1 Å². The Morgan fingerprint density at radius 1 is 0.875 bits per heavy atom. The molecule has 1 atom stereocenters. The van der Waals surface area contributed by atoms with Crippen LogP contribution in [0.2, 0.25) is 0 Å². The fourth-order valence-corrected chi connectivity index (χ4v) is 4.31. The van der Waals surface area contributed by atoms with Crippen molar-refractivity contribution in [1.29, 1.82) is 0 Å². The van der Waals surface area contributed by atoms with Gasteiger partial charge in [0.05, 0.1) is 6.04 Å². The first-order valence-electron chi connectivity index (χ1n) is 13.8. The molecule has 2 aromatic carbocycles. The molecule has 0 fully saturated rings. The summed E-state index contributed by atoms with van der Waals surface area (Å²) in [6.07, 6.45) is 4.19. The minimum atomic E-state index is -1.16. The maximum absolute atomic E-state index is 13.6. The molecule has 0 spiro atoms. The lowest BCUT2D eigenvalue weighted by Crippen LogP contribution is -2.43. The number of rotatable bonds is 14. The van der Waals surface area contributed by atoms with Gasteiger partial charge in [-0.1, -0.05) is 74.5 Å². The predicted octanol–water partition coefficient (Wildman–Crippen LogP) is 3.80. The molecule has 9 heteroatoms. The molecule has 40 heavy (non-hydrogen) atoms. The van der Waals surface area contributed by atoms with Crippen LogP contribution < -0.4 is 21.5 Å². The lowest BCUT2D eigenvalue weighted by atomic mass is 9.98. The number of aromatic nitrogens is 1. The van der Waals surface area contributed by atoms with Crippen molar-refractivity contribution >= 4 is 17.8 Å². The first kappa shape index (κ1) is 30.1. The normalized spacial score (nSPS) is 11.5. The molecule has 0 radical (unpaired) electrons. The molecular formula is C31H39N5O4. The van der Waals surface area contributed by atoms with Gasteiger partial charge in [-0.15, -0.1) is 0 Å². The van der Waals surface area contributed by atoms with E-state index in [1.807, 2.05) is 60.7 Å². The highest BCUT2D eigenvalue weighted by atomic mass is 16.4. The first-order chi connectivity index (χ1) is 19.5. The number of nitrogens with zero attached hydrogens (tertiary/aromatic N) is 2. The van der Waals surface area contributed by atoms with Crippen LogP contribution in [-0.2, 0) is 4.79 Å². The SMILES string of the molecule is CCCNC(=NCCC[C@H](NC(=O)c1cccn(C(c2ccccc2)c2ccccc2)c1=O)C(=O)O)NCCC. The summed E-state index contributed by atoms with van der Waals surface area (Å²) < 4.78 is 1.51. The van der Waals surface area contributed by atoms with Crippen molar-refractivity contribution in [2.24, 2.45) is 4.99 Å². The van der Waals surface area contributed by atoms with Gasteiger partial charge >= 0.3 is 5.97 Å². The Kier molecular flexibility index (Phi) is 12.0. The molecule has 212 valence electrons. The lowest BCUT2D eigenvalue weighted by molar-refractivity contribution is -0.139. The Bertz CT molecular complexity index is 1260. The van der Waals surface area contributed by atoms with Crippen LogP contribution in [-0.4, -0.2) is 53.2 Å². The van der Waals surface area contributed by atoms with Crippen LogP contribution in [0.5, 0.6) is 0 Å². The van der Waals surface area contributed by atoms with Crippen LogP contribution in [0.15, 0.2) is 88.8 Å². The highest BCUT2D eigenvalue weighted by Gasteiger charge is 2.24. The molecular weight excluding hydrogens is 506 g/mol. The van der Waals surface area contributed by atoms with Crippen LogP contribution in [0.3, 0.4) is 0 Å². The topological polar surface area (TPSA) is 125 Å². The largest absolute Gasteiger partial charge is 0.480 e. The van der Waals surface area contributed by atoms with Crippen LogP contribution in [0.25, 0.3) is 0 Å². The van der Waals surface area contributed by atoms with E-state index in [0.29, 0.717) is 18.9 Å². The van der Waals surface area contributed by atoms with E-state index in [2.05, 4.69) is 34.8 Å². The fourth-order valence-electron chi connectivity index (χ4n) is 4.31. The number of carboxylic acid groups (broad SMARTS) is 1. The Morgan fingerprint density at radius 3 is 1.98 bits per heavy atom. The zero-order valence-electron chi connectivity index (χ0n) is 23.2. The van der Waals surface area contributed by atoms with E-state index in [9.17, 15) is 19.5 Å².